The van der Waals surface area contributed by atoms with Crippen molar-refractivity contribution >= 4 is 23.5 Å². The molecular weight excluding hydrogens is 208 g/mol. The molecule has 1 aliphatic rings. The van der Waals surface area contributed by atoms with Crippen molar-refractivity contribution in [3.63, 3.8) is 0 Å². The Balaban J connectivity index is 2.51. The smallest absolute Gasteiger partial charge is 0.413 e. The van der Waals surface area contributed by atoms with Gasteiger partial charge in [0.15, 0.2) is 6.10 Å². The van der Waals surface area contributed by atoms with Gasteiger partial charge in [0.05, 0.1) is 17.2 Å². The zero-order valence-corrected chi connectivity index (χ0v) is 7.78. The van der Waals surface area contributed by atoms with Crippen molar-refractivity contribution in [2.75, 3.05) is 11.9 Å². The number of aliphatic hydroxyl groups excluding tert-OH is 1. The molecule has 2 N–H and O–H groups in total. The van der Waals surface area contributed by atoms with Crippen molar-refractivity contribution in [2.45, 2.75) is 6.10 Å². The van der Waals surface area contributed by atoms with E-state index in [1.54, 1.807) is 6.07 Å². The molecular formula is C8H7ClN2O3. The minimum absolute atomic E-state index is 0.314. The Morgan fingerprint density at radius 1 is 1.71 bits per heavy atom. The number of nitrogens with zero attached hydrogens (tertiary/aromatic N) is 1. The van der Waals surface area contributed by atoms with Gasteiger partial charge in [0, 0.05) is 6.20 Å². The van der Waals surface area contributed by atoms with E-state index in [2.05, 4.69) is 10.3 Å². The fourth-order valence-electron chi connectivity index (χ4n) is 1.30. The summed E-state index contributed by atoms with van der Waals surface area (Å²) in [5.74, 6) is 0.341. The van der Waals surface area contributed by atoms with Crippen LogP contribution in [0, 0.1) is 0 Å². The molecule has 1 atom stereocenters. The first-order valence-corrected chi connectivity index (χ1v) is 4.33. The van der Waals surface area contributed by atoms with E-state index in [-0.39, 0.29) is 6.61 Å². The molecule has 1 aromatic rings. The SMILES string of the molecule is O=C1Nc2nccc(Cl)c2C(CO)O1. The third-order valence-electron chi connectivity index (χ3n) is 1.89. The Labute approximate surface area is 84.7 Å². The Morgan fingerprint density at radius 3 is 3.21 bits per heavy atom. The summed E-state index contributed by atoms with van der Waals surface area (Å²) in [5, 5.41) is 11.8. The van der Waals surface area contributed by atoms with Crippen LogP contribution in [0.15, 0.2) is 12.3 Å². The van der Waals surface area contributed by atoms with Gasteiger partial charge in [0.1, 0.15) is 5.82 Å². The molecule has 6 heteroatoms. The number of pyridine rings is 1. The van der Waals surface area contributed by atoms with E-state index in [4.69, 9.17) is 21.4 Å². The van der Waals surface area contributed by atoms with Crippen LogP contribution in [0.4, 0.5) is 10.6 Å². The normalized spacial score (nSPS) is 19.6. The van der Waals surface area contributed by atoms with E-state index in [0.717, 1.165) is 0 Å². The molecule has 0 aliphatic carbocycles. The van der Waals surface area contributed by atoms with Crippen LogP contribution in [0.3, 0.4) is 0 Å². The van der Waals surface area contributed by atoms with Crippen LogP contribution >= 0.6 is 11.6 Å². The number of halogens is 1. The molecule has 0 fully saturated rings. The summed E-state index contributed by atoms with van der Waals surface area (Å²) in [7, 11) is 0. The number of hydrogen-bond acceptors (Lipinski definition) is 4. The molecule has 0 aromatic carbocycles. The summed E-state index contributed by atoms with van der Waals surface area (Å²) in [5.41, 5.74) is 0.510. The van der Waals surface area contributed by atoms with E-state index in [0.29, 0.717) is 16.4 Å². The summed E-state index contributed by atoms with van der Waals surface area (Å²) in [6, 6.07) is 1.57. The lowest BCUT2D eigenvalue weighted by Crippen LogP contribution is -2.27. The van der Waals surface area contributed by atoms with Crippen LogP contribution in [-0.4, -0.2) is 22.8 Å². The van der Waals surface area contributed by atoms with Crippen LogP contribution < -0.4 is 5.32 Å². The number of hydrogen-bond donors (Lipinski definition) is 2. The van der Waals surface area contributed by atoms with Crippen LogP contribution in [0.5, 0.6) is 0 Å². The fourth-order valence-corrected chi connectivity index (χ4v) is 1.57. The number of amides is 1. The molecule has 5 nitrogen and oxygen atoms in total. The van der Waals surface area contributed by atoms with E-state index in [9.17, 15) is 4.79 Å². The van der Waals surface area contributed by atoms with Crippen molar-refractivity contribution in [3.05, 3.63) is 22.8 Å². The molecule has 1 aromatic heterocycles. The number of nitrogens with one attached hydrogen (secondary N) is 1. The number of rotatable bonds is 1. The van der Waals surface area contributed by atoms with Crippen molar-refractivity contribution in [3.8, 4) is 0 Å². The van der Waals surface area contributed by atoms with Gasteiger partial charge in [-0.05, 0) is 6.07 Å². The predicted molar refractivity (Wildman–Crippen MR) is 49.2 cm³/mol. The second-order valence-electron chi connectivity index (χ2n) is 2.76. The number of aromatic nitrogens is 1. The Bertz CT molecular complexity index is 383. The van der Waals surface area contributed by atoms with Crippen molar-refractivity contribution in [2.24, 2.45) is 0 Å². The second-order valence-corrected chi connectivity index (χ2v) is 3.16. The lowest BCUT2D eigenvalue weighted by atomic mass is 10.1. The predicted octanol–water partition coefficient (Wildman–Crippen LogP) is 1.33. The number of fused-ring (bicyclic) bond motifs is 1. The van der Waals surface area contributed by atoms with Gasteiger partial charge in [0.2, 0.25) is 0 Å². The molecule has 74 valence electrons. The molecule has 2 heterocycles. The minimum Gasteiger partial charge on any atom is -0.438 e. The standard InChI is InChI=1S/C8H7ClN2O3/c9-4-1-2-10-7-6(4)5(3-12)14-8(13)11-7/h1-2,5,12H,3H2,(H,10,11,13). The zero-order valence-electron chi connectivity index (χ0n) is 7.03. The number of ether oxygens (including phenoxy) is 1. The summed E-state index contributed by atoms with van der Waals surface area (Å²) in [6.45, 7) is -0.314. The van der Waals surface area contributed by atoms with Gasteiger partial charge in [-0.1, -0.05) is 11.6 Å². The largest absolute Gasteiger partial charge is 0.438 e. The average molecular weight is 215 g/mol. The summed E-state index contributed by atoms with van der Waals surface area (Å²) >= 11 is 5.88. The Hall–Kier alpha value is -1.33. The molecule has 1 amide bonds. The lowest BCUT2D eigenvalue weighted by molar-refractivity contribution is 0.0622. The maximum absolute atomic E-state index is 11.0. The first kappa shape index (κ1) is 9.23. The minimum atomic E-state index is -0.736. The van der Waals surface area contributed by atoms with Gasteiger partial charge >= 0.3 is 6.09 Å². The third kappa shape index (κ3) is 1.40. The quantitative estimate of drug-likeness (QED) is 0.740. The van der Waals surface area contributed by atoms with Crippen LogP contribution in [0.2, 0.25) is 5.02 Å². The van der Waals surface area contributed by atoms with Crippen molar-refractivity contribution in [1.82, 2.24) is 4.98 Å². The molecule has 14 heavy (non-hydrogen) atoms. The summed E-state index contributed by atoms with van der Waals surface area (Å²) in [4.78, 5) is 14.9. The van der Waals surface area contributed by atoms with E-state index in [1.807, 2.05) is 0 Å². The number of carbonyl (C=O) groups excluding carboxylic acids is 1. The highest BCUT2D eigenvalue weighted by atomic mass is 35.5. The Kier molecular flexibility index (Phi) is 2.26. The van der Waals surface area contributed by atoms with Crippen molar-refractivity contribution in [1.29, 1.82) is 0 Å². The lowest BCUT2D eigenvalue weighted by Gasteiger charge is -2.24. The van der Waals surface area contributed by atoms with Crippen LogP contribution in [0.1, 0.15) is 11.7 Å². The van der Waals surface area contributed by atoms with Crippen LogP contribution in [-0.2, 0) is 4.74 Å². The number of cyclic esters (lactones) is 1. The maximum atomic E-state index is 11.0. The fraction of sp³-hybridized carbons (Fsp3) is 0.250. The number of aliphatic hydroxyl groups is 1. The van der Waals surface area contributed by atoms with Crippen LogP contribution in [0.25, 0.3) is 0 Å². The highest BCUT2D eigenvalue weighted by Gasteiger charge is 2.28. The molecule has 1 unspecified atom stereocenters. The van der Waals surface area contributed by atoms with Gasteiger partial charge in [-0.25, -0.2) is 9.78 Å². The van der Waals surface area contributed by atoms with Crippen molar-refractivity contribution < 1.29 is 14.6 Å². The maximum Gasteiger partial charge on any atom is 0.413 e. The highest BCUT2D eigenvalue weighted by Crippen LogP contribution is 2.33. The van der Waals surface area contributed by atoms with Gasteiger partial charge in [-0.15, -0.1) is 0 Å². The number of anilines is 1. The molecule has 0 saturated heterocycles. The third-order valence-corrected chi connectivity index (χ3v) is 2.22. The molecule has 0 saturated carbocycles. The summed E-state index contributed by atoms with van der Waals surface area (Å²) < 4.78 is 4.82. The van der Waals surface area contributed by atoms with E-state index >= 15 is 0 Å². The van der Waals surface area contributed by atoms with Gasteiger partial charge in [-0.2, -0.15) is 0 Å². The second kappa shape index (κ2) is 3.43. The first-order valence-electron chi connectivity index (χ1n) is 3.95. The van der Waals surface area contributed by atoms with Gasteiger partial charge in [0.25, 0.3) is 0 Å². The topological polar surface area (TPSA) is 71.5 Å². The zero-order chi connectivity index (χ0) is 10.1. The van der Waals surface area contributed by atoms with E-state index in [1.165, 1.54) is 6.20 Å². The molecule has 0 spiro atoms. The summed E-state index contributed by atoms with van der Waals surface area (Å²) in [6.07, 6.45) is 0.104. The van der Waals surface area contributed by atoms with Gasteiger partial charge in [-0.3, -0.25) is 5.32 Å². The molecule has 0 radical (unpaired) electrons. The average Bonchev–Trinajstić information content (AvgIpc) is 2.16. The first-order chi connectivity index (χ1) is 6.72. The molecule has 1 aliphatic heterocycles. The Morgan fingerprint density at radius 2 is 2.50 bits per heavy atom. The number of carbonyl (C=O) groups is 1. The molecule has 2 rings (SSSR count). The highest BCUT2D eigenvalue weighted by molar-refractivity contribution is 6.31. The molecule has 0 bridgehead atoms. The van der Waals surface area contributed by atoms with Gasteiger partial charge < -0.3 is 9.84 Å². The van der Waals surface area contributed by atoms with E-state index < -0.39 is 12.2 Å². The monoisotopic (exact) mass is 214 g/mol.